The standard InChI is InChI=1S/C15H14O5S/c1-11-6-5-7-12(10-11)21(17,18)20-14-9-4-3-8-13(14)15(16)19-2/h3-10H,1-2H3. The summed E-state index contributed by atoms with van der Waals surface area (Å²) in [4.78, 5) is 11.6. The quantitative estimate of drug-likeness (QED) is 0.641. The minimum Gasteiger partial charge on any atom is -0.465 e. The van der Waals surface area contributed by atoms with E-state index in [1.165, 1.54) is 31.4 Å². The lowest BCUT2D eigenvalue weighted by molar-refractivity contribution is 0.0599. The van der Waals surface area contributed by atoms with Gasteiger partial charge in [0.15, 0.2) is 5.75 Å². The smallest absolute Gasteiger partial charge is 0.341 e. The van der Waals surface area contributed by atoms with Gasteiger partial charge in [-0.25, -0.2) is 4.79 Å². The number of carbonyl (C=O) groups is 1. The third-order valence-corrected chi connectivity index (χ3v) is 4.00. The normalized spacial score (nSPS) is 11.0. The maximum absolute atomic E-state index is 12.2. The zero-order valence-electron chi connectivity index (χ0n) is 11.6. The van der Waals surface area contributed by atoms with Crippen molar-refractivity contribution in [3.63, 3.8) is 0 Å². The van der Waals surface area contributed by atoms with Gasteiger partial charge < -0.3 is 8.92 Å². The van der Waals surface area contributed by atoms with Gasteiger partial charge in [0, 0.05) is 0 Å². The Kier molecular flexibility index (Phi) is 4.28. The van der Waals surface area contributed by atoms with Gasteiger partial charge in [-0.1, -0.05) is 24.3 Å². The summed E-state index contributed by atoms with van der Waals surface area (Å²) in [5.41, 5.74) is 0.845. The SMILES string of the molecule is COC(=O)c1ccccc1OS(=O)(=O)c1cccc(C)c1. The average molecular weight is 306 g/mol. The summed E-state index contributed by atoms with van der Waals surface area (Å²) in [6.45, 7) is 1.78. The van der Waals surface area contributed by atoms with Crippen molar-refractivity contribution in [3.8, 4) is 5.75 Å². The van der Waals surface area contributed by atoms with Crippen LogP contribution < -0.4 is 4.18 Å². The molecule has 0 N–H and O–H groups in total. The van der Waals surface area contributed by atoms with E-state index in [-0.39, 0.29) is 16.2 Å². The first-order chi connectivity index (χ1) is 9.94. The van der Waals surface area contributed by atoms with Gasteiger partial charge in [0.2, 0.25) is 0 Å². The molecule has 0 bridgehead atoms. The molecule has 110 valence electrons. The van der Waals surface area contributed by atoms with Gasteiger partial charge in [-0.05, 0) is 36.8 Å². The molecule has 0 unspecified atom stereocenters. The molecule has 0 radical (unpaired) electrons. The Balaban J connectivity index is 2.40. The van der Waals surface area contributed by atoms with E-state index in [4.69, 9.17) is 4.18 Å². The van der Waals surface area contributed by atoms with E-state index in [1.807, 2.05) is 0 Å². The number of carbonyl (C=O) groups excluding carboxylic acids is 1. The first-order valence-electron chi connectivity index (χ1n) is 6.12. The summed E-state index contributed by atoms with van der Waals surface area (Å²) in [5, 5.41) is 0. The highest BCUT2D eigenvalue weighted by Crippen LogP contribution is 2.23. The molecule has 0 aliphatic rings. The Morgan fingerprint density at radius 3 is 2.43 bits per heavy atom. The maximum Gasteiger partial charge on any atom is 0.341 e. The second-order valence-corrected chi connectivity index (χ2v) is 5.89. The summed E-state index contributed by atoms with van der Waals surface area (Å²) < 4.78 is 34.2. The summed E-state index contributed by atoms with van der Waals surface area (Å²) in [6.07, 6.45) is 0. The predicted octanol–water partition coefficient (Wildman–Crippen LogP) is 2.55. The van der Waals surface area contributed by atoms with E-state index >= 15 is 0 Å². The number of esters is 1. The lowest BCUT2D eigenvalue weighted by Crippen LogP contribution is -2.13. The van der Waals surface area contributed by atoms with E-state index < -0.39 is 16.1 Å². The Labute approximate surface area is 123 Å². The van der Waals surface area contributed by atoms with E-state index in [0.717, 1.165) is 5.56 Å². The molecule has 0 saturated heterocycles. The molecule has 0 fully saturated rings. The Morgan fingerprint density at radius 1 is 1.05 bits per heavy atom. The molecule has 21 heavy (non-hydrogen) atoms. The monoisotopic (exact) mass is 306 g/mol. The highest BCUT2D eigenvalue weighted by molar-refractivity contribution is 7.87. The van der Waals surface area contributed by atoms with Crippen LogP contribution in [0.4, 0.5) is 0 Å². The van der Waals surface area contributed by atoms with Crippen LogP contribution in [0.1, 0.15) is 15.9 Å². The van der Waals surface area contributed by atoms with Crippen molar-refractivity contribution in [1.82, 2.24) is 0 Å². The lowest BCUT2D eigenvalue weighted by Gasteiger charge is -2.10. The number of hydrogen-bond acceptors (Lipinski definition) is 5. The lowest BCUT2D eigenvalue weighted by atomic mass is 10.2. The first kappa shape index (κ1) is 15.1. The number of aryl methyl sites for hydroxylation is 1. The number of para-hydroxylation sites is 1. The molecule has 0 aliphatic carbocycles. The van der Waals surface area contributed by atoms with Crippen LogP contribution in [0.15, 0.2) is 53.4 Å². The topological polar surface area (TPSA) is 69.7 Å². The van der Waals surface area contributed by atoms with Gasteiger partial charge >= 0.3 is 16.1 Å². The Hall–Kier alpha value is -2.34. The maximum atomic E-state index is 12.2. The Morgan fingerprint density at radius 2 is 1.76 bits per heavy atom. The molecule has 0 spiro atoms. The van der Waals surface area contributed by atoms with Crippen LogP contribution in [0.25, 0.3) is 0 Å². The summed E-state index contributed by atoms with van der Waals surface area (Å²) in [7, 11) is -2.79. The van der Waals surface area contributed by atoms with Gasteiger partial charge in [0.05, 0.1) is 7.11 Å². The minimum atomic E-state index is -4.01. The number of ether oxygens (including phenoxy) is 1. The zero-order chi connectivity index (χ0) is 15.5. The van der Waals surface area contributed by atoms with Crippen molar-refractivity contribution < 1.29 is 22.1 Å². The highest BCUT2D eigenvalue weighted by atomic mass is 32.2. The van der Waals surface area contributed by atoms with Crippen molar-refractivity contribution in [2.24, 2.45) is 0 Å². The average Bonchev–Trinajstić information content (AvgIpc) is 2.46. The molecule has 0 aliphatic heterocycles. The molecule has 0 amide bonds. The van der Waals surface area contributed by atoms with E-state index in [9.17, 15) is 13.2 Å². The first-order valence-corrected chi connectivity index (χ1v) is 7.53. The van der Waals surface area contributed by atoms with Crippen LogP contribution in [0, 0.1) is 6.92 Å². The zero-order valence-corrected chi connectivity index (χ0v) is 12.4. The van der Waals surface area contributed by atoms with Gasteiger partial charge in [0.1, 0.15) is 10.5 Å². The Bertz CT molecular complexity index is 765. The molecule has 5 nitrogen and oxygen atoms in total. The molecular formula is C15H14O5S. The van der Waals surface area contributed by atoms with E-state index in [0.29, 0.717) is 0 Å². The summed E-state index contributed by atoms with van der Waals surface area (Å²) in [5.74, 6) is -0.726. The fraction of sp³-hybridized carbons (Fsp3) is 0.133. The van der Waals surface area contributed by atoms with Gasteiger partial charge in [-0.3, -0.25) is 0 Å². The minimum absolute atomic E-state index is 0.0298. The second-order valence-electron chi connectivity index (χ2n) is 4.34. The fourth-order valence-electron chi connectivity index (χ4n) is 1.76. The molecule has 0 saturated carbocycles. The number of methoxy groups -OCH3 is 1. The number of benzene rings is 2. The number of rotatable bonds is 4. The largest absolute Gasteiger partial charge is 0.465 e. The molecule has 0 atom stereocenters. The molecule has 2 rings (SSSR count). The van der Waals surface area contributed by atoms with Crippen molar-refractivity contribution in [1.29, 1.82) is 0 Å². The third-order valence-electron chi connectivity index (χ3n) is 2.77. The van der Waals surface area contributed by atoms with Crippen LogP contribution >= 0.6 is 0 Å². The molecule has 2 aromatic carbocycles. The second kappa shape index (κ2) is 5.97. The van der Waals surface area contributed by atoms with E-state index in [2.05, 4.69) is 4.74 Å². The van der Waals surface area contributed by atoms with Gasteiger partial charge in [0.25, 0.3) is 0 Å². The van der Waals surface area contributed by atoms with Crippen LogP contribution in [0.5, 0.6) is 5.75 Å². The van der Waals surface area contributed by atoms with Crippen molar-refractivity contribution in [2.75, 3.05) is 7.11 Å². The van der Waals surface area contributed by atoms with Gasteiger partial charge in [-0.15, -0.1) is 0 Å². The molecular weight excluding hydrogens is 292 g/mol. The molecule has 0 aromatic heterocycles. The molecule has 2 aromatic rings. The molecule has 6 heteroatoms. The van der Waals surface area contributed by atoms with Crippen molar-refractivity contribution in [3.05, 3.63) is 59.7 Å². The third kappa shape index (κ3) is 3.41. The van der Waals surface area contributed by atoms with E-state index in [1.54, 1.807) is 31.2 Å². The summed E-state index contributed by atoms with van der Waals surface area (Å²) in [6, 6.07) is 12.3. The fourth-order valence-corrected chi connectivity index (χ4v) is 2.81. The van der Waals surface area contributed by atoms with Crippen molar-refractivity contribution in [2.45, 2.75) is 11.8 Å². The van der Waals surface area contributed by atoms with Crippen molar-refractivity contribution >= 4 is 16.1 Å². The number of hydrogen-bond donors (Lipinski definition) is 0. The van der Waals surface area contributed by atoms with Gasteiger partial charge in [-0.2, -0.15) is 8.42 Å². The van der Waals surface area contributed by atoms with Crippen LogP contribution in [0.3, 0.4) is 0 Å². The van der Waals surface area contributed by atoms with Crippen LogP contribution in [-0.2, 0) is 14.9 Å². The molecule has 0 heterocycles. The van der Waals surface area contributed by atoms with Crippen LogP contribution in [0.2, 0.25) is 0 Å². The highest BCUT2D eigenvalue weighted by Gasteiger charge is 2.21. The summed E-state index contributed by atoms with van der Waals surface area (Å²) >= 11 is 0. The van der Waals surface area contributed by atoms with Crippen LogP contribution in [-0.4, -0.2) is 21.5 Å². The predicted molar refractivity (Wildman–Crippen MR) is 76.8 cm³/mol.